The zero-order chi connectivity index (χ0) is 6.24. The minimum absolute atomic E-state index is 0.0986. The molecule has 1 nitrogen and oxygen atoms in total. The highest BCUT2D eigenvalue weighted by Crippen LogP contribution is 1.97. The Morgan fingerprint density at radius 3 is 2.62 bits per heavy atom. The number of rotatable bonds is 5. The lowest BCUT2D eigenvalue weighted by Crippen LogP contribution is -1.91. The van der Waals surface area contributed by atoms with Gasteiger partial charge in [0.1, 0.15) is 0 Å². The Bertz CT molecular complexity index is 33.5. The van der Waals surface area contributed by atoms with Crippen molar-refractivity contribution in [2.24, 2.45) is 0 Å². The monoisotopic (exact) mass is 132 g/mol. The first-order valence-corrected chi connectivity index (χ1v) is 4.98. The van der Waals surface area contributed by atoms with Gasteiger partial charge >= 0.3 is 0 Å². The van der Waals surface area contributed by atoms with Crippen LogP contribution in [0.2, 0.25) is 6.04 Å². The van der Waals surface area contributed by atoms with Gasteiger partial charge in [0.2, 0.25) is 0 Å². The third-order valence-electron chi connectivity index (χ3n) is 1.20. The average Bonchev–Trinajstić information content (AvgIpc) is 1.81. The van der Waals surface area contributed by atoms with Crippen molar-refractivity contribution in [3.63, 3.8) is 0 Å². The second kappa shape index (κ2) is 7.18. The Balaban J connectivity index is 2.53. The number of hydrogen-bond acceptors (Lipinski definition) is 1. The maximum Gasteiger partial charge on any atom is 0.161 e. The van der Waals surface area contributed by atoms with E-state index in [2.05, 4.69) is 6.92 Å². The van der Waals surface area contributed by atoms with Crippen molar-refractivity contribution >= 4 is 9.76 Å². The Morgan fingerprint density at radius 1 is 1.38 bits per heavy atom. The van der Waals surface area contributed by atoms with E-state index < -0.39 is 0 Å². The van der Waals surface area contributed by atoms with Crippen LogP contribution in [0.1, 0.15) is 26.2 Å². The summed E-state index contributed by atoms with van der Waals surface area (Å²) in [5.74, 6) is 0. The SMILES string of the molecule is CCCCC[SiH2]OC. The maximum absolute atomic E-state index is 5.03. The van der Waals surface area contributed by atoms with E-state index in [0.717, 1.165) is 0 Å². The van der Waals surface area contributed by atoms with Gasteiger partial charge in [0, 0.05) is 7.11 Å². The highest BCUT2D eigenvalue weighted by molar-refractivity contribution is 6.26. The van der Waals surface area contributed by atoms with Gasteiger partial charge in [-0.25, -0.2) is 0 Å². The van der Waals surface area contributed by atoms with Crippen LogP contribution in [0, 0.1) is 0 Å². The summed E-state index contributed by atoms with van der Waals surface area (Å²) in [4.78, 5) is 0. The van der Waals surface area contributed by atoms with Crippen LogP contribution in [0.25, 0.3) is 0 Å². The Morgan fingerprint density at radius 2 is 2.12 bits per heavy atom. The molecule has 0 aromatic heterocycles. The first-order valence-electron chi connectivity index (χ1n) is 3.40. The van der Waals surface area contributed by atoms with E-state index in [-0.39, 0.29) is 9.76 Å². The third-order valence-corrected chi connectivity index (χ3v) is 2.40. The number of unbranched alkanes of at least 4 members (excludes halogenated alkanes) is 2. The van der Waals surface area contributed by atoms with E-state index in [1.54, 1.807) is 0 Å². The second-order valence-corrected chi connectivity index (χ2v) is 3.75. The van der Waals surface area contributed by atoms with Crippen LogP contribution in [0.5, 0.6) is 0 Å². The highest BCUT2D eigenvalue weighted by Gasteiger charge is 1.84. The van der Waals surface area contributed by atoms with Crippen LogP contribution in [0.3, 0.4) is 0 Å². The van der Waals surface area contributed by atoms with Gasteiger partial charge in [0.05, 0.1) is 0 Å². The Labute approximate surface area is 54.4 Å². The molecule has 0 fully saturated rings. The molecule has 0 atom stereocenters. The summed E-state index contributed by atoms with van der Waals surface area (Å²) >= 11 is 0. The molecule has 8 heavy (non-hydrogen) atoms. The number of hydrogen-bond donors (Lipinski definition) is 0. The predicted octanol–water partition coefficient (Wildman–Crippen LogP) is 1.33. The zero-order valence-corrected chi connectivity index (χ0v) is 7.36. The van der Waals surface area contributed by atoms with Gasteiger partial charge in [-0.15, -0.1) is 0 Å². The van der Waals surface area contributed by atoms with Gasteiger partial charge in [0.15, 0.2) is 9.76 Å². The molecule has 0 heterocycles. The van der Waals surface area contributed by atoms with Gasteiger partial charge in [-0.3, -0.25) is 0 Å². The van der Waals surface area contributed by atoms with E-state index in [4.69, 9.17) is 4.43 Å². The lowest BCUT2D eigenvalue weighted by Gasteiger charge is -1.94. The fourth-order valence-electron chi connectivity index (χ4n) is 0.673. The van der Waals surface area contributed by atoms with Crippen LogP contribution >= 0.6 is 0 Å². The molecule has 0 spiro atoms. The van der Waals surface area contributed by atoms with Gasteiger partial charge in [-0.2, -0.15) is 0 Å². The molecule has 0 aliphatic rings. The molecule has 0 radical (unpaired) electrons. The predicted molar refractivity (Wildman–Crippen MR) is 39.9 cm³/mol. The minimum atomic E-state index is -0.0986. The summed E-state index contributed by atoms with van der Waals surface area (Å²) in [5, 5.41) is 0. The van der Waals surface area contributed by atoms with Gasteiger partial charge in [0.25, 0.3) is 0 Å². The maximum atomic E-state index is 5.03. The topological polar surface area (TPSA) is 9.23 Å². The summed E-state index contributed by atoms with van der Waals surface area (Å²) in [6.07, 6.45) is 4.10. The molecule has 0 bridgehead atoms. The van der Waals surface area contributed by atoms with E-state index in [1.807, 2.05) is 7.11 Å². The van der Waals surface area contributed by atoms with Crippen LogP contribution in [0.4, 0.5) is 0 Å². The summed E-state index contributed by atoms with van der Waals surface area (Å²) in [7, 11) is 1.72. The lowest BCUT2D eigenvalue weighted by atomic mass is 10.3. The van der Waals surface area contributed by atoms with E-state index in [1.165, 1.54) is 25.3 Å². The molecular formula is C6H16OSi. The fourth-order valence-corrected chi connectivity index (χ4v) is 1.52. The highest BCUT2D eigenvalue weighted by atomic mass is 28.2. The molecule has 0 amide bonds. The Kier molecular flexibility index (Phi) is 7.34. The van der Waals surface area contributed by atoms with Crippen LogP contribution in [-0.2, 0) is 4.43 Å². The first-order chi connectivity index (χ1) is 3.91. The molecule has 0 rings (SSSR count). The van der Waals surface area contributed by atoms with Crippen LogP contribution in [-0.4, -0.2) is 16.9 Å². The molecule has 2 heteroatoms. The van der Waals surface area contributed by atoms with Crippen molar-refractivity contribution in [1.82, 2.24) is 0 Å². The zero-order valence-electron chi connectivity index (χ0n) is 5.94. The molecule has 0 aromatic carbocycles. The first kappa shape index (κ1) is 8.18. The van der Waals surface area contributed by atoms with Crippen molar-refractivity contribution in [2.75, 3.05) is 7.11 Å². The van der Waals surface area contributed by atoms with E-state index in [9.17, 15) is 0 Å². The third kappa shape index (κ3) is 6.18. The largest absolute Gasteiger partial charge is 0.427 e. The normalized spacial score (nSPS) is 11.2. The molecule has 0 aliphatic carbocycles. The molecular weight excluding hydrogens is 116 g/mol. The molecule has 0 N–H and O–H groups in total. The molecule has 0 saturated heterocycles. The molecule has 0 unspecified atom stereocenters. The van der Waals surface area contributed by atoms with Crippen molar-refractivity contribution < 1.29 is 4.43 Å². The molecule has 0 aromatic rings. The van der Waals surface area contributed by atoms with E-state index in [0.29, 0.717) is 0 Å². The smallest absolute Gasteiger partial charge is 0.161 e. The van der Waals surface area contributed by atoms with Gasteiger partial charge < -0.3 is 4.43 Å². The van der Waals surface area contributed by atoms with Crippen molar-refractivity contribution in [3.8, 4) is 0 Å². The molecule has 50 valence electrons. The average molecular weight is 132 g/mol. The van der Waals surface area contributed by atoms with Crippen molar-refractivity contribution in [2.45, 2.75) is 32.2 Å². The summed E-state index contributed by atoms with van der Waals surface area (Å²) in [6, 6.07) is 1.37. The van der Waals surface area contributed by atoms with Gasteiger partial charge in [-0.1, -0.05) is 26.2 Å². The second-order valence-electron chi connectivity index (χ2n) is 2.05. The standard InChI is InChI=1S/C6H16OSi/c1-3-4-5-6-8-7-2/h3-6,8H2,1-2H3. The summed E-state index contributed by atoms with van der Waals surface area (Å²) in [5.41, 5.74) is 0. The van der Waals surface area contributed by atoms with Crippen molar-refractivity contribution in [1.29, 1.82) is 0 Å². The van der Waals surface area contributed by atoms with Gasteiger partial charge in [-0.05, 0) is 6.04 Å². The summed E-state index contributed by atoms with van der Waals surface area (Å²) in [6.45, 7) is 2.23. The molecule has 0 aliphatic heterocycles. The molecule has 0 saturated carbocycles. The summed E-state index contributed by atoms with van der Waals surface area (Å²) < 4.78 is 5.03. The van der Waals surface area contributed by atoms with Crippen LogP contribution < -0.4 is 0 Å². The van der Waals surface area contributed by atoms with Crippen molar-refractivity contribution in [3.05, 3.63) is 0 Å². The fraction of sp³-hybridized carbons (Fsp3) is 1.00. The Hall–Kier alpha value is 0.177. The van der Waals surface area contributed by atoms with E-state index >= 15 is 0 Å². The van der Waals surface area contributed by atoms with Crippen LogP contribution in [0.15, 0.2) is 0 Å². The quantitative estimate of drug-likeness (QED) is 0.405. The minimum Gasteiger partial charge on any atom is -0.427 e. The lowest BCUT2D eigenvalue weighted by molar-refractivity contribution is 0.439.